The first kappa shape index (κ1) is 31.6. The van der Waals surface area contributed by atoms with E-state index in [4.69, 9.17) is 4.55 Å². The van der Waals surface area contributed by atoms with E-state index >= 15 is 0 Å². The van der Waals surface area contributed by atoms with Crippen LogP contribution in [0.25, 0.3) is 11.1 Å². The van der Waals surface area contributed by atoms with Crippen LogP contribution in [0.15, 0.2) is 150 Å². The van der Waals surface area contributed by atoms with Gasteiger partial charge >= 0.3 is 21.3 Å². The Bertz CT molecular complexity index is 1640. The van der Waals surface area contributed by atoms with Crippen LogP contribution in [0.1, 0.15) is 26.7 Å². The first-order chi connectivity index (χ1) is 20.6. The fraction of sp³-hybridized carbons (Fsp3) is 0.0882. The molecule has 0 saturated heterocycles. The van der Waals surface area contributed by atoms with Crippen molar-refractivity contribution in [3.8, 4) is 11.1 Å². The van der Waals surface area contributed by atoms with E-state index in [-0.39, 0.29) is 5.56 Å². The third-order valence-corrected chi connectivity index (χ3v) is 8.38. The van der Waals surface area contributed by atoms with E-state index in [1.165, 1.54) is 28.2 Å². The molecule has 0 atom stereocenters. The summed E-state index contributed by atoms with van der Waals surface area (Å²) in [6.07, 6.45) is 0. The van der Waals surface area contributed by atoms with Crippen molar-refractivity contribution in [3.63, 3.8) is 0 Å². The van der Waals surface area contributed by atoms with Crippen molar-refractivity contribution in [2.24, 2.45) is 0 Å². The summed E-state index contributed by atoms with van der Waals surface area (Å²) in [4.78, 5) is 12.9. The minimum Gasteiger partial charge on any atom is -0.454 e. The molecule has 9 heteroatoms. The van der Waals surface area contributed by atoms with Gasteiger partial charge in [-0.25, -0.2) is 4.79 Å². The summed E-state index contributed by atoms with van der Waals surface area (Å²) < 4.78 is 59.3. The highest BCUT2D eigenvalue weighted by Crippen LogP contribution is 2.40. The summed E-state index contributed by atoms with van der Waals surface area (Å²) in [5, 5.41) is -4.22. The zero-order chi connectivity index (χ0) is 30.7. The van der Waals surface area contributed by atoms with E-state index < -0.39 is 27.9 Å². The molecule has 220 valence electrons. The molecule has 0 aliphatic rings. The number of thioether (sulfide) groups is 1. The molecule has 0 fully saturated rings. The van der Waals surface area contributed by atoms with Crippen LogP contribution in [-0.4, -0.2) is 30.8 Å². The molecule has 5 aromatic carbocycles. The molecule has 0 aromatic heterocycles. The topological polar surface area (TPSA) is 80.7 Å². The highest BCUT2D eigenvalue weighted by Gasteiger charge is 2.45. The molecule has 0 amide bonds. The minimum absolute atomic E-state index is 0.0178. The number of rotatable bonds is 9. The SMILES string of the molecule is O=C(OCC(F)(F)S(=O)(=O)O)c1ccc(-c2ccccc2)cc1.c1ccc(SC(c2ccccc2)c2ccccc2)cc1. The average molecular weight is 619 g/mol. The molecular weight excluding hydrogens is 590 g/mol. The van der Waals surface area contributed by atoms with Gasteiger partial charge < -0.3 is 4.74 Å². The molecule has 0 bridgehead atoms. The molecular formula is C34H28F2O5S2. The van der Waals surface area contributed by atoms with Gasteiger partial charge in [0, 0.05) is 4.90 Å². The van der Waals surface area contributed by atoms with Gasteiger partial charge in [0.25, 0.3) is 0 Å². The Morgan fingerprint density at radius 3 is 1.56 bits per heavy atom. The largest absolute Gasteiger partial charge is 0.454 e. The van der Waals surface area contributed by atoms with E-state index in [0.717, 1.165) is 11.1 Å². The van der Waals surface area contributed by atoms with Crippen LogP contribution in [0.4, 0.5) is 8.78 Å². The molecule has 5 nitrogen and oxygen atoms in total. The molecule has 0 spiro atoms. The molecule has 0 aliphatic carbocycles. The van der Waals surface area contributed by atoms with Gasteiger partial charge in [-0.05, 0) is 46.5 Å². The summed E-state index contributed by atoms with van der Waals surface area (Å²) in [5.41, 5.74) is 4.38. The Kier molecular flexibility index (Phi) is 10.8. The maximum atomic E-state index is 13.0. The van der Waals surface area contributed by atoms with Crippen molar-refractivity contribution >= 4 is 27.8 Å². The smallest absolute Gasteiger partial charge is 0.402 e. The number of hydrogen-bond acceptors (Lipinski definition) is 5. The predicted molar refractivity (Wildman–Crippen MR) is 166 cm³/mol. The number of esters is 1. The molecule has 5 rings (SSSR count). The third-order valence-electron chi connectivity index (χ3n) is 6.18. The van der Waals surface area contributed by atoms with Crippen LogP contribution in [0.2, 0.25) is 0 Å². The first-order valence-corrected chi connectivity index (χ1v) is 15.4. The molecule has 0 unspecified atom stereocenters. The lowest BCUT2D eigenvalue weighted by atomic mass is 10.0. The highest BCUT2D eigenvalue weighted by molar-refractivity contribution is 7.99. The third kappa shape index (κ3) is 9.09. The van der Waals surface area contributed by atoms with E-state index in [1.807, 2.05) is 42.1 Å². The number of ether oxygens (including phenoxy) is 1. The minimum atomic E-state index is -5.63. The lowest BCUT2D eigenvalue weighted by Gasteiger charge is -2.17. The lowest BCUT2D eigenvalue weighted by Crippen LogP contribution is -2.34. The fourth-order valence-corrected chi connectivity index (χ4v) is 5.34. The van der Waals surface area contributed by atoms with Gasteiger partial charge in [0.05, 0.1) is 10.8 Å². The second kappa shape index (κ2) is 14.7. The van der Waals surface area contributed by atoms with Crippen LogP contribution in [0.3, 0.4) is 0 Å². The average Bonchev–Trinajstić information content (AvgIpc) is 3.04. The molecule has 5 aromatic rings. The number of carbonyl (C=O) groups is 1. The standard InChI is InChI=1S/C19H16S.C15H12F2O5S/c1-4-10-16(11-5-1)19(17-12-6-2-7-13-17)20-18-14-8-3-9-15-18;16-15(17,23(19,20)21)10-22-14(18)13-8-6-12(7-9-13)11-4-2-1-3-5-11/h1-15,19H;1-9H,10H2,(H,19,20,21). The van der Waals surface area contributed by atoms with Crippen molar-refractivity contribution < 1.29 is 31.3 Å². The second-order valence-electron chi connectivity index (χ2n) is 9.26. The van der Waals surface area contributed by atoms with Gasteiger partial charge in [-0.2, -0.15) is 17.2 Å². The Labute approximate surface area is 253 Å². The summed E-state index contributed by atoms with van der Waals surface area (Å²) in [7, 11) is -5.63. The Hall–Kier alpha value is -4.31. The lowest BCUT2D eigenvalue weighted by molar-refractivity contribution is -0.00950. The van der Waals surface area contributed by atoms with E-state index in [2.05, 4.69) is 95.7 Å². The molecule has 43 heavy (non-hydrogen) atoms. The number of alkyl halides is 2. The van der Waals surface area contributed by atoms with Crippen molar-refractivity contribution in [1.29, 1.82) is 0 Å². The maximum Gasteiger partial charge on any atom is 0.402 e. The zero-order valence-electron chi connectivity index (χ0n) is 22.8. The van der Waals surface area contributed by atoms with Gasteiger partial charge in [-0.3, -0.25) is 4.55 Å². The molecule has 0 radical (unpaired) electrons. The van der Waals surface area contributed by atoms with Crippen LogP contribution in [0, 0.1) is 0 Å². The molecule has 0 aliphatic heterocycles. The number of hydrogen-bond donors (Lipinski definition) is 1. The summed E-state index contributed by atoms with van der Waals surface area (Å²) in [6.45, 7) is -1.76. The first-order valence-electron chi connectivity index (χ1n) is 13.1. The molecule has 0 heterocycles. The van der Waals surface area contributed by atoms with Crippen LogP contribution in [-0.2, 0) is 14.9 Å². The van der Waals surface area contributed by atoms with Gasteiger partial charge in [0.15, 0.2) is 6.61 Å². The summed E-state index contributed by atoms with van der Waals surface area (Å²) in [6, 6.07) is 47.2. The number of carbonyl (C=O) groups excluding carboxylic acids is 1. The predicted octanol–water partition coefficient (Wildman–Crippen LogP) is 8.56. The maximum absolute atomic E-state index is 13.0. The van der Waals surface area contributed by atoms with Crippen molar-refractivity contribution in [2.75, 3.05) is 6.61 Å². The van der Waals surface area contributed by atoms with Gasteiger partial charge in [-0.1, -0.05) is 121 Å². The number of benzene rings is 5. The van der Waals surface area contributed by atoms with Gasteiger partial charge in [0.2, 0.25) is 0 Å². The normalized spacial score (nSPS) is 11.3. The summed E-state index contributed by atoms with van der Waals surface area (Å²) >= 11 is 1.89. The van der Waals surface area contributed by atoms with Gasteiger partial charge in [-0.15, -0.1) is 11.8 Å². The Morgan fingerprint density at radius 1 is 0.674 bits per heavy atom. The van der Waals surface area contributed by atoms with E-state index in [0.29, 0.717) is 5.25 Å². The quantitative estimate of drug-likeness (QED) is 0.101. The van der Waals surface area contributed by atoms with Crippen molar-refractivity contribution in [2.45, 2.75) is 15.4 Å². The van der Waals surface area contributed by atoms with E-state index in [1.54, 1.807) is 12.1 Å². The Balaban J connectivity index is 0.000000198. The Morgan fingerprint density at radius 2 is 1.09 bits per heavy atom. The second-order valence-corrected chi connectivity index (χ2v) is 12.0. The molecule has 1 N–H and O–H groups in total. The monoisotopic (exact) mass is 618 g/mol. The van der Waals surface area contributed by atoms with E-state index in [9.17, 15) is 22.0 Å². The fourth-order valence-electron chi connectivity index (χ4n) is 3.96. The van der Waals surface area contributed by atoms with Crippen molar-refractivity contribution in [3.05, 3.63) is 162 Å². The van der Waals surface area contributed by atoms with Crippen molar-refractivity contribution in [1.82, 2.24) is 0 Å². The molecule has 0 saturated carbocycles. The zero-order valence-corrected chi connectivity index (χ0v) is 24.4. The van der Waals surface area contributed by atoms with Crippen LogP contribution < -0.4 is 0 Å². The highest BCUT2D eigenvalue weighted by atomic mass is 32.2. The van der Waals surface area contributed by atoms with Gasteiger partial charge in [0.1, 0.15) is 0 Å². The van der Waals surface area contributed by atoms with Crippen LogP contribution >= 0.6 is 11.8 Å². The number of halogens is 2. The summed E-state index contributed by atoms with van der Waals surface area (Å²) in [5.74, 6) is -1.12. The van der Waals surface area contributed by atoms with Crippen LogP contribution in [0.5, 0.6) is 0 Å².